The molecule has 4 rings (SSSR count). The smallest absolute Gasteiger partial charge is 0.416 e. The first-order chi connectivity index (χ1) is 16.0. The summed E-state index contributed by atoms with van der Waals surface area (Å²) in [5.41, 5.74) is -3.08. The van der Waals surface area contributed by atoms with Crippen molar-refractivity contribution in [2.75, 3.05) is 5.32 Å². The molecular formula is C21H10ClF4N3O4S. The molecule has 2 heterocycles. The quantitative estimate of drug-likeness (QED) is 0.366. The Labute approximate surface area is 195 Å². The summed E-state index contributed by atoms with van der Waals surface area (Å²) >= 11 is 6.69. The number of hydrogen-bond donors (Lipinski definition) is 2. The maximum Gasteiger partial charge on any atom is 0.416 e. The monoisotopic (exact) mass is 511 g/mol. The van der Waals surface area contributed by atoms with Crippen LogP contribution in [0, 0.1) is 5.82 Å². The third-order valence-corrected chi connectivity index (χ3v) is 5.92. The number of nitrogens with one attached hydrogen (secondary N) is 1. The van der Waals surface area contributed by atoms with Gasteiger partial charge in [-0.1, -0.05) is 17.7 Å². The van der Waals surface area contributed by atoms with Gasteiger partial charge in [0.2, 0.25) is 0 Å². The van der Waals surface area contributed by atoms with Crippen LogP contribution in [0.5, 0.6) is 0 Å². The van der Waals surface area contributed by atoms with Crippen LogP contribution in [0.1, 0.15) is 26.4 Å². The van der Waals surface area contributed by atoms with Crippen molar-refractivity contribution in [3.63, 3.8) is 0 Å². The van der Waals surface area contributed by atoms with Gasteiger partial charge in [-0.25, -0.2) is 9.18 Å². The first-order valence-electron chi connectivity index (χ1n) is 9.20. The van der Waals surface area contributed by atoms with E-state index in [1.54, 1.807) is 0 Å². The van der Waals surface area contributed by atoms with Crippen LogP contribution in [0.25, 0.3) is 16.5 Å². The van der Waals surface area contributed by atoms with Crippen molar-refractivity contribution in [2.45, 2.75) is 6.18 Å². The molecule has 2 N–H and O–H groups in total. The first kappa shape index (κ1) is 23.4. The molecule has 0 saturated carbocycles. The summed E-state index contributed by atoms with van der Waals surface area (Å²) in [7, 11) is 0. The maximum atomic E-state index is 14.1. The average molecular weight is 512 g/mol. The van der Waals surface area contributed by atoms with Gasteiger partial charge in [-0.05, 0) is 36.4 Å². The third kappa shape index (κ3) is 4.13. The Kier molecular flexibility index (Phi) is 5.87. The predicted octanol–water partition coefficient (Wildman–Crippen LogP) is 5.21. The standard InChI is InChI=1S/C21H10ClF4N3O4S/c22-12-2-1-3-13(23)15(12)17(30)27-18-14-11(8-34-18)16(20(32)33)28-29(19(14)31)10-6-4-9(5-7-10)21(24,25)26/h1-8H,(H,27,30)(H,32,33). The Hall–Kier alpha value is -3.77. The SMILES string of the molecule is O=C(Nc1scc2c(C(=O)O)nn(-c3ccc(C(F)(F)F)cc3)c(=O)c12)c1c(F)cccc1Cl. The molecule has 0 fully saturated rings. The Morgan fingerprint density at radius 2 is 1.79 bits per heavy atom. The van der Waals surface area contributed by atoms with E-state index in [1.807, 2.05) is 0 Å². The van der Waals surface area contributed by atoms with Gasteiger partial charge in [-0.3, -0.25) is 9.59 Å². The number of anilines is 1. The zero-order valence-electron chi connectivity index (χ0n) is 16.5. The fourth-order valence-electron chi connectivity index (χ4n) is 3.15. The van der Waals surface area contributed by atoms with Gasteiger partial charge in [0.05, 0.1) is 27.2 Å². The number of aromatic carboxylic acids is 1. The molecule has 34 heavy (non-hydrogen) atoms. The molecule has 0 aliphatic heterocycles. The van der Waals surface area contributed by atoms with E-state index < -0.39 is 46.3 Å². The summed E-state index contributed by atoms with van der Waals surface area (Å²) in [6.45, 7) is 0. The number of halogens is 5. The number of alkyl halides is 3. The number of carboxylic acids is 1. The van der Waals surface area contributed by atoms with E-state index in [0.717, 1.165) is 29.5 Å². The molecule has 2 aromatic carbocycles. The predicted molar refractivity (Wildman–Crippen MR) is 117 cm³/mol. The molecule has 0 aliphatic carbocycles. The average Bonchev–Trinajstić information content (AvgIpc) is 3.17. The van der Waals surface area contributed by atoms with Crippen LogP contribution in [0.15, 0.2) is 52.6 Å². The van der Waals surface area contributed by atoms with E-state index in [0.29, 0.717) is 16.8 Å². The number of aromatic nitrogens is 2. The number of amides is 1. The minimum Gasteiger partial charge on any atom is -0.476 e. The minimum absolute atomic E-state index is 0.111. The van der Waals surface area contributed by atoms with Crippen LogP contribution < -0.4 is 10.9 Å². The van der Waals surface area contributed by atoms with Gasteiger partial charge >= 0.3 is 12.1 Å². The van der Waals surface area contributed by atoms with Gasteiger partial charge < -0.3 is 10.4 Å². The lowest BCUT2D eigenvalue weighted by Crippen LogP contribution is -2.25. The van der Waals surface area contributed by atoms with Crippen molar-refractivity contribution in [1.82, 2.24) is 9.78 Å². The van der Waals surface area contributed by atoms with Gasteiger partial charge in [-0.15, -0.1) is 11.3 Å². The Morgan fingerprint density at radius 3 is 2.38 bits per heavy atom. The number of benzene rings is 2. The van der Waals surface area contributed by atoms with Crippen LogP contribution in [0.3, 0.4) is 0 Å². The fourth-order valence-corrected chi connectivity index (χ4v) is 4.33. The fraction of sp³-hybridized carbons (Fsp3) is 0.0476. The van der Waals surface area contributed by atoms with Crippen LogP contribution in [-0.2, 0) is 6.18 Å². The molecular weight excluding hydrogens is 502 g/mol. The molecule has 0 radical (unpaired) electrons. The zero-order valence-corrected chi connectivity index (χ0v) is 18.1. The molecule has 0 aliphatic rings. The van der Waals surface area contributed by atoms with E-state index in [-0.39, 0.29) is 26.5 Å². The van der Waals surface area contributed by atoms with E-state index in [2.05, 4.69) is 10.4 Å². The molecule has 0 bridgehead atoms. The number of thiophene rings is 1. The molecule has 0 saturated heterocycles. The topological polar surface area (TPSA) is 101 Å². The Morgan fingerprint density at radius 1 is 1.12 bits per heavy atom. The Balaban J connectivity index is 1.87. The lowest BCUT2D eigenvalue weighted by atomic mass is 10.2. The Bertz CT molecular complexity index is 1490. The van der Waals surface area contributed by atoms with Crippen molar-refractivity contribution in [2.24, 2.45) is 0 Å². The highest BCUT2D eigenvalue weighted by Crippen LogP contribution is 2.32. The molecule has 0 unspecified atom stereocenters. The number of rotatable bonds is 4. The summed E-state index contributed by atoms with van der Waals surface area (Å²) in [6, 6.07) is 6.93. The molecule has 2 aromatic heterocycles. The van der Waals surface area contributed by atoms with Crippen molar-refractivity contribution >= 4 is 50.6 Å². The number of carboxylic acid groups (broad SMARTS) is 1. The van der Waals surface area contributed by atoms with E-state index in [4.69, 9.17) is 11.6 Å². The van der Waals surface area contributed by atoms with Crippen LogP contribution in [0.4, 0.5) is 22.6 Å². The summed E-state index contributed by atoms with van der Waals surface area (Å²) in [6.07, 6.45) is -4.62. The largest absolute Gasteiger partial charge is 0.476 e. The second kappa shape index (κ2) is 8.54. The molecule has 13 heteroatoms. The lowest BCUT2D eigenvalue weighted by molar-refractivity contribution is -0.137. The lowest BCUT2D eigenvalue weighted by Gasteiger charge is -2.11. The summed E-state index contributed by atoms with van der Waals surface area (Å²) in [5.74, 6) is -3.42. The van der Waals surface area contributed by atoms with E-state index in [9.17, 15) is 37.1 Å². The number of carbonyl (C=O) groups excluding carboxylic acids is 1. The highest BCUT2D eigenvalue weighted by Gasteiger charge is 2.30. The number of nitrogens with zero attached hydrogens (tertiary/aromatic N) is 2. The van der Waals surface area contributed by atoms with Gasteiger partial charge in [0, 0.05) is 10.8 Å². The molecule has 0 atom stereocenters. The maximum absolute atomic E-state index is 14.1. The second-order valence-corrected chi connectivity index (χ2v) is 8.11. The van der Waals surface area contributed by atoms with Gasteiger partial charge in [0.1, 0.15) is 10.8 Å². The van der Waals surface area contributed by atoms with Crippen LogP contribution in [0.2, 0.25) is 5.02 Å². The van der Waals surface area contributed by atoms with Crippen molar-refractivity contribution in [1.29, 1.82) is 0 Å². The van der Waals surface area contributed by atoms with Crippen molar-refractivity contribution in [3.05, 3.63) is 85.9 Å². The van der Waals surface area contributed by atoms with E-state index >= 15 is 0 Å². The minimum atomic E-state index is -4.62. The summed E-state index contributed by atoms with van der Waals surface area (Å²) < 4.78 is 53.4. The number of carbonyl (C=O) groups is 2. The molecule has 7 nitrogen and oxygen atoms in total. The molecule has 0 spiro atoms. The molecule has 1 amide bonds. The third-order valence-electron chi connectivity index (χ3n) is 4.71. The van der Waals surface area contributed by atoms with Gasteiger partial charge in [0.15, 0.2) is 5.69 Å². The van der Waals surface area contributed by atoms with Crippen LogP contribution in [-0.4, -0.2) is 26.8 Å². The zero-order chi connectivity index (χ0) is 24.8. The molecule has 4 aromatic rings. The second-order valence-electron chi connectivity index (χ2n) is 6.82. The van der Waals surface area contributed by atoms with Crippen molar-refractivity contribution < 1.29 is 32.3 Å². The van der Waals surface area contributed by atoms with Crippen LogP contribution >= 0.6 is 22.9 Å². The van der Waals surface area contributed by atoms with Crippen molar-refractivity contribution in [3.8, 4) is 5.69 Å². The normalized spacial score (nSPS) is 11.6. The highest BCUT2D eigenvalue weighted by atomic mass is 35.5. The highest BCUT2D eigenvalue weighted by molar-refractivity contribution is 7.16. The number of hydrogen-bond acceptors (Lipinski definition) is 5. The van der Waals surface area contributed by atoms with Gasteiger partial charge in [-0.2, -0.15) is 23.0 Å². The number of fused-ring (bicyclic) bond motifs is 1. The molecule has 174 valence electrons. The van der Waals surface area contributed by atoms with E-state index in [1.165, 1.54) is 17.5 Å². The first-order valence-corrected chi connectivity index (χ1v) is 10.5. The summed E-state index contributed by atoms with van der Waals surface area (Å²) in [4.78, 5) is 37.6. The van der Waals surface area contributed by atoms with Gasteiger partial charge in [0.25, 0.3) is 11.5 Å². The summed E-state index contributed by atoms with van der Waals surface area (Å²) in [5, 5.41) is 16.3.